The number of fused-ring (bicyclic) bond motifs is 1. The van der Waals surface area contributed by atoms with Crippen molar-refractivity contribution in [3.8, 4) is 0 Å². The molecule has 2 heterocycles. The highest BCUT2D eigenvalue weighted by atomic mass is 16.4. The van der Waals surface area contributed by atoms with Crippen LogP contribution in [0.25, 0.3) is 11.0 Å². The van der Waals surface area contributed by atoms with E-state index in [4.69, 9.17) is 4.42 Å². The number of aliphatic hydroxyl groups is 1. The zero-order valence-corrected chi connectivity index (χ0v) is 10.9. The van der Waals surface area contributed by atoms with Gasteiger partial charge in [-0.25, -0.2) is 0 Å². The molecule has 0 saturated carbocycles. The van der Waals surface area contributed by atoms with E-state index in [0.717, 1.165) is 16.5 Å². The minimum absolute atomic E-state index is 0.530. The number of hydrogen-bond donors (Lipinski definition) is 1. The molecule has 3 aromatic rings. The Balaban J connectivity index is 2.07. The van der Waals surface area contributed by atoms with Gasteiger partial charge in [-0.1, -0.05) is 17.7 Å². The molecule has 0 spiro atoms. The third-order valence-corrected chi connectivity index (χ3v) is 3.27. The fourth-order valence-corrected chi connectivity index (χ4v) is 2.24. The molecule has 19 heavy (non-hydrogen) atoms. The monoisotopic (exact) mass is 253 g/mol. The summed E-state index contributed by atoms with van der Waals surface area (Å²) in [5, 5.41) is 11.4. The smallest absolute Gasteiger partial charge is 0.154 e. The number of furan rings is 1. The average molecular weight is 253 g/mol. The Morgan fingerprint density at radius 1 is 1.16 bits per heavy atom. The third kappa shape index (κ3) is 2.13. The molecule has 0 radical (unpaired) electrons. The Morgan fingerprint density at radius 3 is 2.79 bits per heavy atom. The second-order valence-corrected chi connectivity index (χ2v) is 4.80. The normalized spacial score (nSPS) is 12.8. The van der Waals surface area contributed by atoms with Crippen molar-refractivity contribution in [2.24, 2.45) is 0 Å². The van der Waals surface area contributed by atoms with Crippen LogP contribution < -0.4 is 0 Å². The number of benzene rings is 1. The van der Waals surface area contributed by atoms with Crippen molar-refractivity contribution in [3.63, 3.8) is 0 Å². The van der Waals surface area contributed by atoms with Gasteiger partial charge in [0.05, 0.1) is 5.69 Å². The van der Waals surface area contributed by atoms with Crippen molar-refractivity contribution in [3.05, 3.63) is 65.2 Å². The lowest BCUT2D eigenvalue weighted by atomic mass is 10.1. The molecule has 1 atom stereocenters. The van der Waals surface area contributed by atoms with Crippen LogP contribution in [0.1, 0.15) is 28.7 Å². The maximum atomic E-state index is 10.4. The molecule has 96 valence electrons. The van der Waals surface area contributed by atoms with Crippen LogP contribution >= 0.6 is 0 Å². The molecule has 1 N–H and O–H groups in total. The number of hydrogen-bond acceptors (Lipinski definition) is 3. The van der Waals surface area contributed by atoms with E-state index in [9.17, 15) is 5.11 Å². The van der Waals surface area contributed by atoms with E-state index >= 15 is 0 Å². The number of pyridine rings is 1. The molecular formula is C16H15NO2. The lowest BCUT2D eigenvalue weighted by Crippen LogP contribution is -2.03. The summed E-state index contributed by atoms with van der Waals surface area (Å²) in [5.74, 6) is 0.530. The molecule has 0 aliphatic carbocycles. The molecule has 0 saturated heterocycles. The van der Waals surface area contributed by atoms with Gasteiger partial charge in [0, 0.05) is 11.6 Å². The van der Waals surface area contributed by atoms with Gasteiger partial charge in [-0.15, -0.1) is 0 Å². The number of aliphatic hydroxyl groups excluding tert-OH is 1. The summed E-state index contributed by atoms with van der Waals surface area (Å²) < 4.78 is 5.70. The fraction of sp³-hybridized carbons (Fsp3) is 0.188. The summed E-state index contributed by atoms with van der Waals surface area (Å²) in [6.07, 6.45) is 0.854. The van der Waals surface area contributed by atoms with Crippen LogP contribution in [0.3, 0.4) is 0 Å². The van der Waals surface area contributed by atoms with Crippen LogP contribution in [0.15, 0.2) is 47.0 Å². The van der Waals surface area contributed by atoms with Crippen molar-refractivity contribution in [1.29, 1.82) is 0 Å². The molecule has 0 aliphatic heterocycles. The van der Waals surface area contributed by atoms with Crippen molar-refractivity contribution >= 4 is 11.0 Å². The van der Waals surface area contributed by atoms with Crippen LogP contribution in [0, 0.1) is 13.8 Å². The van der Waals surface area contributed by atoms with Crippen LogP contribution in [0.5, 0.6) is 0 Å². The maximum Gasteiger partial charge on any atom is 0.154 e. The Labute approximate surface area is 111 Å². The summed E-state index contributed by atoms with van der Waals surface area (Å²) in [6.45, 7) is 3.96. The van der Waals surface area contributed by atoms with Gasteiger partial charge in [0.25, 0.3) is 0 Å². The standard InChI is InChI=1S/C16H15NO2/c1-10-5-6-13-12(8-10)9-14(19-13)16(18)15-11(2)4-3-7-17-15/h3-9,16,18H,1-2H3. The Hall–Kier alpha value is -2.13. The second-order valence-electron chi connectivity index (χ2n) is 4.80. The molecule has 0 aliphatic rings. The lowest BCUT2D eigenvalue weighted by Gasteiger charge is -2.09. The summed E-state index contributed by atoms with van der Waals surface area (Å²) in [5.41, 5.74) is 3.54. The van der Waals surface area contributed by atoms with Crippen LogP contribution in [0.4, 0.5) is 0 Å². The summed E-state index contributed by atoms with van der Waals surface area (Å²) in [6, 6.07) is 11.6. The average Bonchev–Trinajstić information content (AvgIpc) is 2.81. The van der Waals surface area contributed by atoms with E-state index in [0.29, 0.717) is 11.5 Å². The minimum atomic E-state index is -0.825. The van der Waals surface area contributed by atoms with Crippen LogP contribution in [-0.2, 0) is 0 Å². The quantitative estimate of drug-likeness (QED) is 0.760. The van der Waals surface area contributed by atoms with Gasteiger partial charge in [0.15, 0.2) is 6.10 Å². The zero-order valence-electron chi connectivity index (χ0n) is 10.9. The molecule has 0 fully saturated rings. The van der Waals surface area contributed by atoms with Gasteiger partial charge >= 0.3 is 0 Å². The minimum Gasteiger partial charge on any atom is -0.458 e. The molecule has 3 rings (SSSR count). The highest BCUT2D eigenvalue weighted by Gasteiger charge is 2.18. The second kappa shape index (κ2) is 4.52. The molecule has 3 nitrogen and oxygen atoms in total. The molecule has 0 amide bonds. The van der Waals surface area contributed by atoms with E-state index < -0.39 is 6.10 Å². The molecule has 2 aromatic heterocycles. The van der Waals surface area contributed by atoms with E-state index in [1.165, 1.54) is 5.56 Å². The zero-order chi connectivity index (χ0) is 13.4. The van der Waals surface area contributed by atoms with Gasteiger partial charge in [0.2, 0.25) is 0 Å². The first kappa shape index (κ1) is 11.9. The predicted octanol–water partition coefficient (Wildman–Crippen LogP) is 3.53. The van der Waals surface area contributed by atoms with Crippen LogP contribution in [0.2, 0.25) is 0 Å². The van der Waals surface area contributed by atoms with Crippen molar-refractivity contribution in [2.45, 2.75) is 20.0 Å². The number of aryl methyl sites for hydroxylation is 2. The van der Waals surface area contributed by atoms with Crippen molar-refractivity contribution in [1.82, 2.24) is 4.98 Å². The fourth-order valence-electron chi connectivity index (χ4n) is 2.24. The van der Waals surface area contributed by atoms with Gasteiger partial charge in [-0.3, -0.25) is 4.98 Å². The SMILES string of the molecule is Cc1ccc2oc(C(O)c3ncccc3C)cc2c1. The van der Waals surface area contributed by atoms with Crippen LogP contribution in [-0.4, -0.2) is 10.1 Å². The van der Waals surface area contributed by atoms with Gasteiger partial charge in [0.1, 0.15) is 11.3 Å². The highest BCUT2D eigenvalue weighted by Crippen LogP contribution is 2.29. The van der Waals surface area contributed by atoms with E-state index in [2.05, 4.69) is 4.98 Å². The molecule has 1 unspecified atom stereocenters. The largest absolute Gasteiger partial charge is 0.458 e. The summed E-state index contributed by atoms with van der Waals surface area (Å²) in [4.78, 5) is 4.23. The first-order chi connectivity index (χ1) is 9.15. The molecule has 0 bridgehead atoms. The van der Waals surface area contributed by atoms with E-state index in [1.807, 2.05) is 50.2 Å². The first-order valence-electron chi connectivity index (χ1n) is 6.25. The summed E-state index contributed by atoms with van der Waals surface area (Å²) >= 11 is 0. The Bertz CT molecular complexity index is 730. The van der Waals surface area contributed by atoms with Crippen molar-refractivity contribution < 1.29 is 9.52 Å². The van der Waals surface area contributed by atoms with Crippen molar-refractivity contribution in [2.75, 3.05) is 0 Å². The van der Waals surface area contributed by atoms with E-state index in [-0.39, 0.29) is 0 Å². The third-order valence-electron chi connectivity index (χ3n) is 3.27. The molecule has 1 aromatic carbocycles. The Morgan fingerprint density at radius 2 is 2.00 bits per heavy atom. The lowest BCUT2D eigenvalue weighted by molar-refractivity contribution is 0.187. The number of rotatable bonds is 2. The number of aromatic nitrogens is 1. The molecular weight excluding hydrogens is 238 g/mol. The highest BCUT2D eigenvalue weighted by molar-refractivity contribution is 5.78. The van der Waals surface area contributed by atoms with Gasteiger partial charge < -0.3 is 9.52 Å². The first-order valence-corrected chi connectivity index (χ1v) is 6.25. The molecule has 3 heteroatoms. The topological polar surface area (TPSA) is 46.3 Å². The van der Waals surface area contributed by atoms with Gasteiger partial charge in [-0.05, 0) is 43.7 Å². The van der Waals surface area contributed by atoms with E-state index in [1.54, 1.807) is 6.20 Å². The predicted molar refractivity (Wildman–Crippen MR) is 74.0 cm³/mol. The number of nitrogens with zero attached hydrogens (tertiary/aromatic N) is 1. The Kier molecular flexibility index (Phi) is 2.84. The maximum absolute atomic E-state index is 10.4. The summed E-state index contributed by atoms with van der Waals surface area (Å²) in [7, 11) is 0. The van der Waals surface area contributed by atoms with Gasteiger partial charge in [-0.2, -0.15) is 0 Å².